The molecule has 2 N–H and O–H groups in total. The van der Waals surface area contributed by atoms with Crippen LogP contribution in [0.2, 0.25) is 0 Å². The van der Waals surface area contributed by atoms with E-state index < -0.39 is 0 Å². The molecule has 0 bridgehead atoms. The highest BCUT2D eigenvalue weighted by Gasteiger charge is 2.37. The highest BCUT2D eigenvalue weighted by atomic mass is 35.5. The molecular formula is C20H31ClN2O3. The van der Waals surface area contributed by atoms with Crippen LogP contribution in [0.3, 0.4) is 0 Å². The predicted molar refractivity (Wildman–Crippen MR) is 98.3 cm³/mol. The summed E-state index contributed by atoms with van der Waals surface area (Å²) in [6.07, 6.45) is 7.83. The summed E-state index contributed by atoms with van der Waals surface area (Å²) in [5, 5.41) is 2.87. The van der Waals surface area contributed by atoms with Crippen LogP contribution >= 0.6 is 0 Å². The number of carbonyl (C=O) groups excluding carboxylic acids is 1. The first kappa shape index (κ1) is 20.8. The molecule has 2 aliphatic rings. The van der Waals surface area contributed by atoms with Gasteiger partial charge in [-0.2, -0.15) is 0 Å². The lowest BCUT2D eigenvalue weighted by Crippen LogP contribution is -3.15. The minimum absolute atomic E-state index is 0. The van der Waals surface area contributed by atoms with Crippen LogP contribution in [0.25, 0.3) is 0 Å². The van der Waals surface area contributed by atoms with E-state index >= 15 is 0 Å². The largest absolute Gasteiger partial charge is 1.00 e. The number of ether oxygens (including phenoxy) is 2. The zero-order valence-corrected chi connectivity index (χ0v) is 16.4. The number of benzene rings is 1. The van der Waals surface area contributed by atoms with E-state index in [9.17, 15) is 4.79 Å². The van der Waals surface area contributed by atoms with Gasteiger partial charge in [-0.25, -0.2) is 4.79 Å². The van der Waals surface area contributed by atoms with E-state index in [1.807, 2.05) is 24.3 Å². The van der Waals surface area contributed by atoms with Crippen molar-refractivity contribution in [2.45, 2.75) is 64.0 Å². The number of rotatable bonds is 6. The fourth-order valence-corrected chi connectivity index (χ4v) is 4.07. The molecule has 1 aromatic rings. The average Bonchev–Trinajstić information content (AvgIpc) is 3.15. The van der Waals surface area contributed by atoms with E-state index in [0.717, 1.165) is 30.7 Å². The van der Waals surface area contributed by atoms with Crippen LogP contribution in [0, 0.1) is 0 Å². The molecule has 0 radical (unpaired) electrons. The summed E-state index contributed by atoms with van der Waals surface area (Å²) in [4.78, 5) is 14.0. The summed E-state index contributed by atoms with van der Waals surface area (Å²) in [5.41, 5.74) is 0.722. The number of hydrogen-bond donors (Lipinski definition) is 2. The standard InChI is InChI=1S/C20H30N2O3.ClH/c1-2-14-24-17-9-7-8-16(15-17)21-20(23)25-19-11-4-3-10-18(19)22-12-5-6-13-22;/h7-9,15,18-19H,2-6,10-14H2,1H3,(H,21,23);1H/t18-,19-;/m0./s1. The van der Waals surface area contributed by atoms with Gasteiger partial charge in [0.15, 0.2) is 6.10 Å². The lowest BCUT2D eigenvalue weighted by atomic mass is 9.91. The Hall–Kier alpha value is -1.46. The third kappa shape index (κ3) is 5.78. The first-order valence-corrected chi connectivity index (χ1v) is 9.81. The molecule has 1 aromatic carbocycles. The quantitative estimate of drug-likeness (QED) is 0.729. The molecule has 0 unspecified atom stereocenters. The Bertz CT molecular complexity index is 564. The first-order chi connectivity index (χ1) is 12.3. The zero-order valence-electron chi connectivity index (χ0n) is 15.6. The number of amides is 1. The van der Waals surface area contributed by atoms with E-state index in [-0.39, 0.29) is 24.6 Å². The normalized spacial score (nSPS) is 23.1. The van der Waals surface area contributed by atoms with Crippen molar-refractivity contribution < 1.29 is 31.6 Å². The monoisotopic (exact) mass is 382 g/mol. The summed E-state index contributed by atoms with van der Waals surface area (Å²) in [5.74, 6) is 0.775. The Morgan fingerprint density at radius 1 is 1.19 bits per heavy atom. The fraction of sp³-hybridized carbons (Fsp3) is 0.650. The molecule has 0 spiro atoms. The summed E-state index contributed by atoms with van der Waals surface area (Å²) >= 11 is 0. The van der Waals surface area contributed by atoms with Crippen molar-refractivity contribution in [3.8, 4) is 5.75 Å². The molecule has 2 atom stereocenters. The summed E-state index contributed by atoms with van der Waals surface area (Å²) < 4.78 is 11.4. The van der Waals surface area contributed by atoms with E-state index in [1.165, 1.54) is 38.8 Å². The second-order valence-electron chi connectivity index (χ2n) is 7.20. The lowest BCUT2D eigenvalue weighted by molar-refractivity contribution is -0.918. The van der Waals surface area contributed by atoms with E-state index in [0.29, 0.717) is 12.6 Å². The smallest absolute Gasteiger partial charge is 0.412 e. The number of hydrogen-bond acceptors (Lipinski definition) is 3. The second kappa shape index (κ2) is 10.6. The van der Waals surface area contributed by atoms with E-state index in [4.69, 9.17) is 9.47 Å². The molecule has 146 valence electrons. The van der Waals surface area contributed by atoms with Crippen molar-refractivity contribution in [1.82, 2.24) is 0 Å². The maximum absolute atomic E-state index is 12.4. The van der Waals surface area contributed by atoms with Crippen molar-refractivity contribution in [3.05, 3.63) is 24.3 Å². The van der Waals surface area contributed by atoms with Gasteiger partial charge in [-0.15, -0.1) is 0 Å². The number of anilines is 1. The highest BCUT2D eigenvalue weighted by molar-refractivity contribution is 5.85. The van der Waals surface area contributed by atoms with Crippen molar-refractivity contribution in [2.24, 2.45) is 0 Å². The Morgan fingerprint density at radius 3 is 2.73 bits per heavy atom. The molecule has 5 nitrogen and oxygen atoms in total. The molecule has 26 heavy (non-hydrogen) atoms. The van der Waals surface area contributed by atoms with Crippen molar-refractivity contribution in [2.75, 3.05) is 25.0 Å². The minimum atomic E-state index is -0.344. The maximum Gasteiger partial charge on any atom is 0.412 e. The fourth-order valence-electron chi connectivity index (χ4n) is 4.07. The molecule has 1 heterocycles. The Morgan fingerprint density at radius 2 is 1.96 bits per heavy atom. The number of carbonyl (C=O) groups is 1. The molecule has 1 amide bonds. The summed E-state index contributed by atoms with van der Waals surface area (Å²) in [7, 11) is 0. The van der Waals surface area contributed by atoms with Gasteiger partial charge in [-0.3, -0.25) is 5.32 Å². The first-order valence-electron chi connectivity index (χ1n) is 9.81. The van der Waals surface area contributed by atoms with Crippen LogP contribution in [-0.4, -0.2) is 37.9 Å². The van der Waals surface area contributed by atoms with Gasteiger partial charge in [0.05, 0.1) is 19.7 Å². The Labute approximate surface area is 162 Å². The molecule has 1 saturated heterocycles. The van der Waals surface area contributed by atoms with Crippen LogP contribution in [0.5, 0.6) is 5.75 Å². The van der Waals surface area contributed by atoms with Crippen LogP contribution in [0.15, 0.2) is 24.3 Å². The number of halogens is 1. The number of likely N-dealkylation sites (tertiary alicyclic amines) is 1. The Kier molecular flexibility index (Phi) is 8.52. The van der Waals surface area contributed by atoms with Gasteiger partial charge < -0.3 is 26.8 Å². The molecule has 6 heteroatoms. The third-order valence-electron chi connectivity index (χ3n) is 5.28. The van der Waals surface area contributed by atoms with Crippen molar-refractivity contribution >= 4 is 11.8 Å². The van der Waals surface area contributed by atoms with Gasteiger partial charge in [0.25, 0.3) is 0 Å². The molecule has 1 saturated carbocycles. The number of nitrogens with one attached hydrogen (secondary N) is 2. The molecular weight excluding hydrogens is 352 g/mol. The summed E-state index contributed by atoms with van der Waals surface area (Å²) in [6, 6.07) is 7.98. The van der Waals surface area contributed by atoms with Gasteiger partial charge in [0.1, 0.15) is 11.8 Å². The van der Waals surface area contributed by atoms with Gasteiger partial charge in [0, 0.05) is 31.0 Å². The lowest BCUT2D eigenvalue weighted by Gasteiger charge is -2.34. The van der Waals surface area contributed by atoms with E-state index in [2.05, 4.69) is 12.2 Å². The van der Waals surface area contributed by atoms with Crippen LogP contribution < -0.4 is 27.4 Å². The minimum Gasteiger partial charge on any atom is -1.00 e. The average molecular weight is 383 g/mol. The summed E-state index contributed by atoms with van der Waals surface area (Å²) in [6.45, 7) is 5.20. The molecule has 2 fully saturated rings. The highest BCUT2D eigenvalue weighted by Crippen LogP contribution is 2.22. The molecule has 0 aromatic heterocycles. The maximum atomic E-state index is 12.4. The van der Waals surface area contributed by atoms with Gasteiger partial charge in [0.2, 0.25) is 0 Å². The Balaban J connectivity index is 0.00000243. The van der Waals surface area contributed by atoms with Crippen LogP contribution in [0.4, 0.5) is 10.5 Å². The van der Waals surface area contributed by atoms with E-state index in [1.54, 1.807) is 4.90 Å². The van der Waals surface area contributed by atoms with Crippen LogP contribution in [0.1, 0.15) is 51.9 Å². The SMILES string of the molecule is CCCOc1cccc(NC(=O)O[C@H]2CCCC[C@@H]2[NH+]2CCCC2)c1.[Cl-]. The second-order valence-corrected chi connectivity index (χ2v) is 7.20. The van der Waals surface area contributed by atoms with Gasteiger partial charge in [-0.1, -0.05) is 13.0 Å². The van der Waals surface area contributed by atoms with Crippen LogP contribution in [-0.2, 0) is 4.74 Å². The van der Waals surface area contributed by atoms with Crippen molar-refractivity contribution in [3.63, 3.8) is 0 Å². The predicted octanol–water partition coefficient (Wildman–Crippen LogP) is 0.0178. The number of quaternary nitrogens is 1. The molecule has 1 aliphatic heterocycles. The third-order valence-corrected chi connectivity index (χ3v) is 5.28. The van der Waals surface area contributed by atoms with Gasteiger partial charge in [-0.05, 0) is 37.8 Å². The van der Waals surface area contributed by atoms with Gasteiger partial charge >= 0.3 is 6.09 Å². The molecule has 1 aliphatic carbocycles. The van der Waals surface area contributed by atoms with Crippen molar-refractivity contribution in [1.29, 1.82) is 0 Å². The zero-order chi connectivity index (χ0) is 17.5. The molecule has 3 rings (SSSR count). The topological polar surface area (TPSA) is 52.0 Å².